The van der Waals surface area contributed by atoms with E-state index >= 15 is 0 Å². The zero-order valence-electron chi connectivity index (χ0n) is 18.2. The van der Waals surface area contributed by atoms with Gasteiger partial charge in [-0.2, -0.15) is 0 Å². The van der Waals surface area contributed by atoms with Crippen molar-refractivity contribution in [3.8, 4) is 0 Å². The molecule has 0 saturated heterocycles. The summed E-state index contributed by atoms with van der Waals surface area (Å²) in [7, 11) is 0. The van der Waals surface area contributed by atoms with Crippen molar-refractivity contribution in [3.05, 3.63) is 80.2 Å². The molecule has 0 aliphatic carbocycles. The Kier molecular flexibility index (Phi) is 5.50. The molecule has 4 heteroatoms. The van der Waals surface area contributed by atoms with Gasteiger partial charge < -0.3 is 9.32 Å². The number of amides is 1. The molecule has 0 fully saturated rings. The number of carbonyl (C=O) groups is 1. The summed E-state index contributed by atoms with van der Waals surface area (Å²) in [6.45, 7) is 8.77. The second-order valence-corrected chi connectivity index (χ2v) is 8.34. The minimum absolute atomic E-state index is 0.0889. The van der Waals surface area contributed by atoms with Gasteiger partial charge >= 0.3 is 0 Å². The van der Waals surface area contributed by atoms with Crippen LogP contribution in [0.4, 0.5) is 0 Å². The quantitative estimate of drug-likeness (QED) is 0.496. The predicted octanol–water partition coefficient (Wildman–Crippen LogP) is 5.71. The predicted molar refractivity (Wildman–Crippen MR) is 120 cm³/mol. The zero-order valence-corrected chi connectivity index (χ0v) is 18.2. The van der Waals surface area contributed by atoms with Gasteiger partial charge in [0, 0.05) is 6.54 Å². The van der Waals surface area contributed by atoms with Gasteiger partial charge in [0.15, 0.2) is 5.43 Å². The van der Waals surface area contributed by atoms with Crippen molar-refractivity contribution in [2.75, 3.05) is 6.54 Å². The molecule has 3 aromatic rings. The highest BCUT2D eigenvalue weighted by atomic mass is 16.3. The number of nitrogens with zero attached hydrogens (tertiary/aromatic N) is 1. The summed E-state index contributed by atoms with van der Waals surface area (Å²) in [5.74, 6) is 0.0326. The van der Waals surface area contributed by atoms with E-state index in [-0.39, 0.29) is 17.1 Å². The number of carbonyl (C=O) groups excluding carboxylic acids is 1. The minimum atomic E-state index is -0.392. The zero-order chi connectivity index (χ0) is 21.4. The molecule has 1 aromatic heterocycles. The molecule has 4 rings (SSSR count). The normalized spacial score (nSPS) is 15.8. The van der Waals surface area contributed by atoms with Gasteiger partial charge in [-0.15, -0.1) is 0 Å². The average Bonchev–Trinajstić information content (AvgIpc) is 3.01. The summed E-state index contributed by atoms with van der Waals surface area (Å²) in [6, 6.07) is 11.7. The van der Waals surface area contributed by atoms with Crippen LogP contribution in [0.1, 0.15) is 77.5 Å². The molecular formula is C26H29NO3. The molecule has 0 spiro atoms. The van der Waals surface area contributed by atoms with Gasteiger partial charge in [-0.3, -0.25) is 9.59 Å². The van der Waals surface area contributed by atoms with Crippen LogP contribution < -0.4 is 5.43 Å². The number of aryl methyl sites for hydroxylation is 3. The van der Waals surface area contributed by atoms with E-state index in [1.807, 2.05) is 43.0 Å². The largest absolute Gasteiger partial charge is 0.450 e. The average molecular weight is 404 g/mol. The van der Waals surface area contributed by atoms with E-state index in [1.165, 1.54) is 5.56 Å². The van der Waals surface area contributed by atoms with Crippen LogP contribution in [0.3, 0.4) is 0 Å². The molecule has 0 N–H and O–H groups in total. The summed E-state index contributed by atoms with van der Waals surface area (Å²) in [4.78, 5) is 28.8. The standard InChI is InChI=1S/C26H29NO3/c1-5-7-8-13-27-22(19-11-9-18(6-2)10-12-19)21-23(28)20-15-16(3)14-17(4)24(20)30-25(21)26(27)29/h9-12,14-15,22H,5-8,13H2,1-4H3. The maximum Gasteiger partial charge on any atom is 0.290 e. The molecule has 2 aromatic carbocycles. The molecule has 1 aliphatic rings. The first-order valence-corrected chi connectivity index (χ1v) is 10.9. The first kappa shape index (κ1) is 20.4. The number of hydrogen-bond donors (Lipinski definition) is 0. The van der Waals surface area contributed by atoms with Crippen molar-refractivity contribution in [1.82, 2.24) is 4.90 Å². The van der Waals surface area contributed by atoms with Crippen LogP contribution in [-0.2, 0) is 6.42 Å². The second-order valence-electron chi connectivity index (χ2n) is 8.34. The molecule has 4 nitrogen and oxygen atoms in total. The Bertz CT molecular complexity index is 1160. The maximum absolute atomic E-state index is 13.6. The number of rotatable bonds is 6. The topological polar surface area (TPSA) is 50.5 Å². The molecule has 1 unspecified atom stereocenters. The lowest BCUT2D eigenvalue weighted by atomic mass is 9.96. The van der Waals surface area contributed by atoms with Crippen LogP contribution in [0.25, 0.3) is 11.0 Å². The molecule has 30 heavy (non-hydrogen) atoms. The van der Waals surface area contributed by atoms with Gasteiger partial charge in [0.05, 0.1) is 17.0 Å². The lowest BCUT2D eigenvalue weighted by molar-refractivity contribution is 0.0724. The smallest absolute Gasteiger partial charge is 0.290 e. The van der Waals surface area contributed by atoms with E-state index in [2.05, 4.69) is 26.0 Å². The molecule has 156 valence electrons. The summed E-state index contributed by atoms with van der Waals surface area (Å²) in [5.41, 5.74) is 5.01. The Labute approximate surface area is 177 Å². The van der Waals surface area contributed by atoms with Crippen molar-refractivity contribution in [1.29, 1.82) is 0 Å². The highest BCUT2D eigenvalue weighted by Crippen LogP contribution is 2.39. The Balaban J connectivity index is 1.93. The SMILES string of the molecule is CCCCCN1C(=O)c2oc3c(C)cc(C)cc3c(=O)c2C1c1ccc(CC)cc1. The highest BCUT2D eigenvalue weighted by Gasteiger charge is 2.42. The van der Waals surface area contributed by atoms with Crippen LogP contribution in [-0.4, -0.2) is 17.4 Å². The van der Waals surface area contributed by atoms with E-state index in [1.54, 1.807) is 0 Å². The van der Waals surface area contributed by atoms with Crippen molar-refractivity contribution in [2.24, 2.45) is 0 Å². The van der Waals surface area contributed by atoms with E-state index in [9.17, 15) is 9.59 Å². The first-order chi connectivity index (χ1) is 14.5. The van der Waals surface area contributed by atoms with Gasteiger partial charge in [-0.1, -0.05) is 57.0 Å². The van der Waals surface area contributed by atoms with Crippen molar-refractivity contribution < 1.29 is 9.21 Å². The molecular weight excluding hydrogens is 374 g/mol. The second kappa shape index (κ2) is 8.10. The van der Waals surface area contributed by atoms with Crippen LogP contribution in [0.2, 0.25) is 0 Å². The Morgan fingerprint density at radius 2 is 1.73 bits per heavy atom. The van der Waals surface area contributed by atoms with Gasteiger partial charge in [0.2, 0.25) is 5.76 Å². The van der Waals surface area contributed by atoms with Crippen molar-refractivity contribution in [2.45, 2.75) is 59.4 Å². The lowest BCUT2D eigenvalue weighted by Crippen LogP contribution is -2.30. The number of fused-ring (bicyclic) bond motifs is 2. The van der Waals surface area contributed by atoms with E-state index < -0.39 is 6.04 Å². The third-order valence-electron chi connectivity index (χ3n) is 6.10. The fraction of sp³-hybridized carbons (Fsp3) is 0.385. The van der Waals surface area contributed by atoms with Gasteiger partial charge in [0.1, 0.15) is 5.58 Å². The van der Waals surface area contributed by atoms with E-state index in [0.717, 1.165) is 42.4 Å². The van der Waals surface area contributed by atoms with Crippen molar-refractivity contribution >= 4 is 16.9 Å². The Hall–Kier alpha value is -2.88. The fourth-order valence-electron chi connectivity index (χ4n) is 4.52. The van der Waals surface area contributed by atoms with Crippen molar-refractivity contribution in [3.63, 3.8) is 0 Å². The molecule has 1 atom stereocenters. The summed E-state index contributed by atoms with van der Waals surface area (Å²) < 4.78 is 6.13. The Morgan fingerprint density at radius 3 is 2.40 bits per heavy atom. The summed E-state index contributed by atoms with van der Waals surface area (Å²) in [5, 5.41) is 0.560. The van der Waals surface area contributed by atoms with Crippen LogP contribution >= 0.6 is 0 Å². The van der Waals surface area contributed by atoms with Gasteiger partial charge in [0.25, 0.3) is 5.91 Å². The number of unbranched alkanes of at least 4 members (excludes halogenated alkanes) is 2. The van der Waals surface area contributed by atoms with E-state index in [0.29, 0.717) is 23.1 Å². The van der Waals surface area contributed by atoms with Gasteiger partial charge in [-0.25, -0.2) is 0 Å². The molecule has 0 radical (unpaired) electrons. The maximum atomic E-state index is 13.6. The molecule has 1 aliphatic heterocycles. The van der Waals surface area contributed by atoms with Crippen LogP contribution in [0.15, 0.2) is 45.6 Å². The summed E-state index contributed by atoms with van der Waals surface area (Å²) in [6.07, 6.45) is 3.98. The molecule has 1 amide bonds. The third kappa shape index (κ3) is 3.34. The van der Waals surface area contributed by atoms with Crippen LogP contribution in [0.5, 0.6) is 0 Å². The number of hydrogen-bond acceptors (Lipinski definition) is 3. The third-order valence-corrected chi connectivity index (χ3v) is 6.10. The monoisotopic (exact) mass is 403 g/mol. The van der Waals surface area contributed by atoms with E-state index in [4.69, 9.17) is 4.42 Å². The molecule has 0 saturated carbocycles. The molecule has 0 bridgehead atoms. The first-order valence-electron chi connectivity index (χ1n) is 10.9. The molecule has 2 heterocycles. The highest BCUT2D eigenvalue weighted by molar-refractivity contribution is 5.99. The van der Waals surface area contributed by atoms with Gasteiger partial charge in [-0.05, 0) is 55.0 Å². The van der Waals surface area contributed by atoms with Crippen LogP contribution in [0, 0.1) is 13.8 Å². The minimum Gasteiger partial charge on any atom is -0.450 e. The summed E-state index contributed by atoms with van der Waals surface area (Å²) >= 11 is 0. The number of benzene rings is 2. The Morgan fingerprint density at radius 1 is 1.00 bits per heavy atom. The lowest BCUT2D eigenvalue weighted by Gasteiger charge is -2.25. The fourth-order valence-corrected chi connectivity index (χ4v) is 4.52.